The van der Waals surface area contributed by atoms with E-state index < -0.39 is 0 Å². The highest BCUT2D eigenvalue weighted by molar-refractivity contribution is 7.27. The molecule has 0 atom stereocenters. The van der Waals surface area contributed by atoms with Crippen molar-refractivity contribution in [3.8, 4) is 55.9 Å². The molecule has 4 heteroatoms. The topological polar surface area (TPSA) is 30.2 Å². The van der Waals surface area contributed by atoms with Crippen molar-refractivity contribution in [1.29, 1.82) is 0 Å². The molecular formula is C46H29N3S. The highest BCUT2D eigenvalue weighted by Gasteiger charge is 2.19. The Kier molecular flexibility index (Phi) is 6.68. The zero-order valence-electron chi connectivity index (χ0n) is 27.0. The fourth-order valence-electron chi connectivity index (χ4n) is 7.23. The number of pyridine rings is 1. The zero-order valence-corrected chi connectivity index (χ0v) is 27.8. The normalized spacial score (nSPS) is 11.6. The SMILES string of the molecule is c1ccc(-c2cc(-c3ccccc3)c3sc4c(-c5ccc(-c6nnc7c8ccccc8ccn67)cc5)cc(-c5ccccc5)cc4c3c2)cc1. The van der Waals surface area contributed by atoms with Crippen LogP contribution < -0.4 is 0 Å². The first-order valence-electron chi connectivity index (χ1n) is 16.8. The maximum atomic E-state index is 4.64. The summed E-state index contributed by atoms with van der Waals surface area (Å²) in [4.78, 5) is 0. The van der Waals surface area contributed by atoms with Crippen LogP contribution in [0.1, 0.15) is 0 Å². The molecule has 50 heavy (non-hydrogen) atoms. The van der Waals surface area contributed by atoms with Crippen molar-refractivity contribution in [2.24, 2.45) is 0 Å². The van der Waals surface area contributed by atoms with Crippen molar-refractivity contribution >= 4 is 47.9 Å². The molecule has 10 aromatic rings. The van der Waals surface area contributed by atoms with Crippen LogP contribution in [0.25, 0.3) is 92.5 Å². The van der Waals surface area contributed by atoms with Crippen LogP contribution in [-0.4, -0.2) is 14.6 Å². The highest BCUT2D eigenvalue weighted by Crippen LogP contribution is 2.47. The van der Waals surface area contributed by atoms with Crippen LogP contribution in [0.5, 0.6) is 0 Å². The molecule has 0 radical (unpaired) electrons. The van der Waals surface area contributed by atoms with Crippen molar-refractivity contribution in [2.45, 2.75) is 0 Å². The van der Waals surface area contributed by atoms with Gasteiger partial charge in [0.05, 0.1) is 0 Å². The molecule has 7 aromatic carbocycles. The summed E-state index contributed by atoms with van der Waals surface area (Å²) in [7, 11) is 0. The van der Waals surface area contributed by atoms with Crippen molar-refractivity contribution in [3.05, 3.63) is 176 Å². The number of nitrogens with zero attached hydrogens (tertiary/aromatic N) is 3. The van der Waals surface area contributed by atoms with Crippen LogP contribution in [-0.2, 0) is 0 Å². The number of hydrogen-bond acceptors (Lipinski definition) is 3. The molecule has 0 saturated heterocycles. The number of benzene rings is 7. The summed E-state index contributed by atoms with van der Waals surface area (Å²) in [5, 5.41) is 14.0. The Morgan fingerprint density at radius 3 is 1.48 bits per heavy atom. The standard InChI is InChI=1S/C46H29N3S/c1-4-12-30(13-5-1)36-26-39(32-16-8-3-9-17-32)43-41(28-36)42-29-37(31-14-6-2-7-15-31)27-40(44(42)50-43)34-20-22-35(23-21-34)45-47-48-46-38-19-11-10-18-33(38)24-25-49(45)46/h1-29H. The zero-order chi connectivity index (χ0) is 33.0. The molecule has 0 spiro atoms. The van der Waals surface area contributed by atoms with Gasteiger partial charge < -0.3 is 0 Å². The summed E-state index contributed by atoms with van der Waals surface area (Å²) in [6, 6.07) is 61.0. The lowest BCUT2D eigenvalue weighted by atomic mass is 9.93. The minimum Gasteiger partial charge on any atom is -0.282 e. The van der Waals surface area contributed by atoms with Gasteiger partial charge in [-0.05, 0) is 69.1 Å². The van der Waals surface area contributed by atoms with Crippen LogP contribution in [0, 0.1) is 0 Å². The molecule has 0 aliphatic carbocycles. The molecule has 234 valence electrons. The Morgan fingerprint density at radius 2 is 0.880 bits per heavy atom. The largest absolute Gasteiger partial charge is 0.282 e. The molecule has 0 unspecified atom stereocenters. The highest BCUT2D eigenvalue weighted by atomic mass is 32.1. The molecule has 0 amide bonds. The van der Waals surface area contributed by atoms with E-state index in [-0.39, 0.29) is 0 Å². The molecule has 3 heterocycles. The van der Waals surface area contributed by atoms with E-state index in [1.165, 1.54) is 64.7 Å². The first-order chi connectivity index (χ1) is 24.8. The minimum absolute atomic E-state index is 0.836. The van der Waals surface area contributed by atoms with Gasteiger partial charge in [0.1, 0.15) is 0 Å². The van der Waals surface area contributed by atoms with Gasteiger partial charge in [0.15, 0.2) is 11.5 Å². The molecular weight excluding hydrogens is 627 g/mol. The molecule has 0 N–H and O–H groups in total. The molecule has 3 nitrogen and oxygen atoms in total. The van der Waals surface area contributed by atoms with Gasteiger partial charge >= 0.3 is 0 Å². The van der Waals surface area contributed by atoms with Crippen molar-refractivity contribution in [2.75, 3.05) is 0 Å². The van der Waals surface area contributed by atoms with Crippen molar-refractivity contribution < 1.29 is 0 Å². The van der Waals surface area contributed by atoms with E-state index in [0.717, 1.165) is 27.8 Å². The van der Waals surface area contributed by atoms with Crippen LogP contribution in [0.4, 0.5) is 0 Å². The predicted octanol–water partition coefficient (Wildman–Crippen LogP) is 12.6. The van der Waals surface area contributed by atoms with E-state index in [9.17, 15) is 0 Å². The summed E-state index contributed by atoms with van der Waals surface area (Å²) >= 11 is 1.89. The number of hydrogen-bond donors (Lipinski definition) is 0. The van der Waals surface area contributed by atoms with Crippen molar-refractivity contribution in [3.63, 3.8) is 0 Å². The predicted molar refractivity (Wildman–Crippen MR) is 211 cm³/mol. The van der Waals surface area contributed by atoms with Gasteiger partial charge in [0.2, 0.25) is 0 Å². The van der Waals surface area contributed by atoms with Gasteiger partial charge in [-0.2, -0.15) is 0 Å². The Morgan fingerprint density at radius 1 is 0.380 bits per heavy atom. The van der Waals surface area contributed by atoms with E-state index in [1.807, 2.05) is 11.3 Å². The third kappa shape index (κ3) is 4.73. The van der Waals surface area contributed by atoms with Crippen LogP contribution in [0.2, 0.25) is 0 Å². The minimum atomic E-state index is 0.836. The van der Waals surface area contributed by atoms with Gasteiger partial charge in [0.25, 0.3) is 0 Å². The second-order valence-corrected chi connectivity index (χ2v) is 13.7. The maximum absolute atomic E-state index is 4.64. The molecule has 0 saturated carbocycles. The molecule has 0 bridgehead atoms. The monoisotopic (exact) mass is 655 g/mol. The van der Waals surface area contributed by atoms with E-state index in [1.54, 1.807) is 0 Å². The quantitative estimate of drug-likeness (QED) is 0.185. The number of thiophene rings is 1. The first kappa shape index (κ1) is 28.6. The van der Waals surface area contributed by atoms with Gasteiger partial charge in [-0.3, -0.25) is 4.40 Å². The van der Waals surface area contributed by atoms with Gasteiger partial charge in [-0.25, -0.2) is 0 Å². The Hall–Kier alpha value is -6.36. The molecule has 0 aliphatic heterocycles. The summed E-state index contributed by atoms with van der Waals surface area (Å²) in [5.74, 6) is 0.836. The first-order valence-corrected chi connectivity index (χ1v) is 17.6. The Bertz CT molecular complexity index is 2840. The third-order valence-corrected chi connectivity index (χ3v) is 11.0. The third-order valence-electron chi connectivity index (χ3n) is 9.73. The van der Waals surface area contributed by atoms with E-state index in [0.29, 0.717) is 0 Å². The van der Waals surface area contributed by atoms with Crippen molar-refractivity contribution in [1.82, 2.24) is 14.6 Å². The lowest BCUT2D eigenvalue weighted by Gasteiger charge is -2.10. The summed E-state index contributed by atoms with van der Waals surface area (Å²) in [6.45, 7) is 0. The molecule has 0 aliphatic rings. The van der Waals surface area contributed by atoms with E-state index in [4.69, 9.17) is 0 Å². The number of rotatable bonds is 5. The molecule has 3 aromatic heterocycles. The van der Waals surface area contributed by atoms with Crippen LogP contribution >= 0.6 is 11.3 Å². The average molecular weight is 656 g/mol. The molecule has 10 rings (SSSR count). The fourth-order valence-corrected chi connectivity index (χ4v) is 8.57. The number of fused-ring (bicyclic) bond motifs is 6. The van der Waals surface area contributed by atoms with E-state index >= 15 is 0 Å². The van der Waals surface area contributed by atoms with Gasteiger partial charge in [-0.1, -0.05) is 140 Å². The molecule has 0 fully saturated rings. The lowest BCUT2D eigenvalue weighted by molar-refractivity contribution is 1.11. The second-order valence-electron chi connectivity index (χ2n) is 12.7. The maximum Gasteiger partial charge on any atom is 0.168 e. The summed E-state index contributed by atoms with van der Waals surface area (Å²) in [6.07, 6.45) is 2.07. The smallest absolute Gasteiger partial charge is 0.168 e. The van der Waals surface area contributed by atoms with Gasteiger partial charge in [-0.15, -0.1) is 21.5 Å². The van der Waals surface area contributed by atoms with Gasteiger partial charge in [0, 0.05) is 48.4 Å². The fraction of sp³-hybridized carbons (Fsp3) is 0. The van der Waals surface area contributed by atoms with Crippen LogP contribution in [0.3, 0.4) is 0 Å². The lowest BCUT2D eigenvalue weighted by Crippen LogP contribution is -1.90. The number of aromatic nitrogens is 3. The Labute approximate surface area is 293 Å². The summed E-state index contributed by atoms with van der Waals surface area (Å²) in [5.41, 5.74) is 11.6. The van der Waals surface area contributed by atoms with E-state index in [2.05, 4.69) is 191 Å². The average Bonchev–Trinajstić information content (AvgIpc) is 3.81. The second kappa shape index (κ2) is 11.7. The summed E-state index contributed by atoms with van der Waals surface area (Å²) < 4.78 is 4.68. The van der Waals surface area contributed by atoms with Crippen LogP contribution in [0.15, 0.2) is 176 Å². The Balaban J connectivity index is 1.19.